The number of aromatic nitrogens is 2. The van der Waals surface area contributed by atoms with E-state index in [4.69, 9.17) is 0 Å². The van der Waals surface area contributed by atoms with Crippen molar-refractivity contribution in [3.05, 3.63) is 18.0 Å². The second-order valence-corrected chi connectivity index (χ2v) is 5.38. The van der Waals surface area contributed by atoms with Crippen molar-refractivity contribution < 1.29 is 4.79 Å². The molecular formula is C15H24N2O. The molecule has 0 atom stereocenters. The summed E-state index contributed by atoms with van der Waals surface area (Å²) in [6, 6.07) is 2.58. The molecule has 1 aromatic heterocycles. The van der Waals surface area contributed by atoms with Crippen LogP contribution in [-0.4, -0.2) is 15.6 Å². The smallest absolute Gasteiger partial charge is 0.141 e. The van der Waals surface area contributed by atoms with Crippen LogP contribution in [0, 0.1) is 5.92 Å². The number of hydrogen-bond acceptors (Lipinski definition) is 2. The first-order valence-electron chi connectivity index (χ1n) is 7.31. The number of carbonyl (C=O) groups excluding carboxylic acids is 1. The third kappa shape index (κ3) is 3.01. The highest BCUT2D eigenvalue weighted by Gasteiger charge is 2.19. The van der Waals surface area contributed by atoms with Crippen molar-refractivity contribution in [1.29, 1.82) is 0 Å². The average Bonchev–Trinajstić information content (AvgIpc) is 3.00. The highest BCUT2D eigenvalue weighted by molar-refractivity contribution is 5.82. The lowest BCUT2D eigenvalue weighted by molar-refractivity contribution is -0.122. The molecule has 2 rings (SSSR count). The topological polar surface area (TPSA) is 34.9 Å². The third-order valence-corrected chi connectivity index (χ3v) is 4.16. The molecule has 0 spiro atoms. The molecule has 18 heavy (non-hydrogen) atoms. The molecule has 1 aliphatic carbocycles. The number of carbonyl (C=O) groups is 1. The number of nitrogens with zero attached hydrogens (tertiary/aromatic N) is 2. The van der Waals surface area contributed by atoms with Gasteiger partial charge in [-0.05, 0) is 31.7 Å². The van der Waals surface area contributed by atoms with E-state index in [1.807, 2.05) is 12.3 Å². The summed E-state index contributed by atoms with van der Waals surface area (Å²) < 4.78 is 2.07. The lowest BCUT2D eigenvalue weighted by Gasteiger charge is -2.10. The Labute approximate surface area is 110 Å². The standard InChI is InChI=1S/C15H24N2O/c1-3-12(4-2)15(18)11-13-9-10-17(16-13)14-7-5-6-8-14/h9-10,12,14H,3-8,11H2,1-2H3. The van der Waals surface area contributed by atoms with Crippen molar-refractivity contribution in [1.82, 2.24) is 9.78 Å². The largest absolute Gasteiger partial charge is 0.299 e. The molecule has 3 heteroatoms. The van der Waals surface area contributed by atoms with Gasteiger partial charge in [0.05, 0.1) is 18.2 Å². The van der Waals surface area contributed by atoms with Gasteiger partial charge < -0.3 is 0 Å². The molecule has 1 saturated carbocycles. The average molecular weight is 248 g/mol. The van der Waals surface area contributed by atoms with Gasteiger partial charge in [0, 0.05) is 12.1 Å². The molecule has 1 heterocycles. The van der Waals surface area contributed by atoms with Crippen LogP contribution in [0.1, 0.15) is 64.1 Å². The summed E-state index contributed by atoms with van der Waals surface area (Å²) in [6.45, 7) is 4.17. The van der Waals surface area contributed by atoms with E-state index in [1.165, 1.54) is 25.7 Å². The van der Waals surface area contributed by atoms with Crippen LogP contribution in [-0.2, 0) is 11.2 Å². The van der Waals surface area contributed by atoms with Crippen molar-refractivity contribution in [2.75, 3.05) is 0 Å². The Morgan fingerprint density at radius 2 is 2.06 bits per heavy atom. The zero-order valence-electron chi connectivity index (χ0n) is 11.6. The first-order chi connectivity index (χ1) is 8.74. The summed E-state index contributed by atoms with van der Waals surface area (Å²) in [5.41, 5.74) is 0.943. The van der Waals surface area contributed by atoms with Crippen LogP contribution in [0.25, 0.3) is 0 Å². The van der Waals surface area contributed by atoms with Crippen LogP contribution < -0.4 is 0 Å². The SMILES string of the molecule is CCC(CC)C(=O)Cc1ccn(C2CCCC2)n1. The third-order valence-electron chi connectivity index (χ3n) is 4.16. The van der Waals surface area contributed by atoms with Crippen molar-refractivity contribution in [3.63, 3.8) is 0 Å². The van der Waals surface area contributed by atoms with E-state index in [9.17, 15) is 4.79 Å². The molecule has 100 valence electrons. The molecule has 0 aliphatic heterocycles. The zero-order chi connectivity index (χ0) is 13.0. The van der Waals surface area contributed by atoms with Crippen LogP contribution in [0.2, 0.25) is 0 Å². The summed E-state index contributed by atoms with van der Waals surface area (Å²) >= 11 is 0. The van der Waals surface area contributed by atoms with Crippen LogP contribution in [0.15, 0.2) is 12.3 Å². The molecule has 3 nitrogen and oxygen atoms in total. The van der Waals surface area contributed by atoms with Gasteiger partial charge in [-0.2, -0.15) is 5.10 Å². The van der Waals surface area contributed by atoms with Crippen LogP contribution >= 0.6 is 0 Å². The Bertz CT molecular complexity index is 387. The number of ketones is 1. The Kier molecular flexibility index (Phi) is 4.56. The van der Waals surface area contributed by atoms with Gasteiger partial charge in [-0.15, -0.1) is 0 Å². The van der Waals surface area contributed by atoms with Gasteiger partial charge in [-0.25, -0.2) is 0 Å². The molecule has 0 aromatic carbocycles. The lowest BCUT2D eigenvalue weighted by Crippen LogP contribution is -2.16. The molecule has 0 N–H and O–H groups in total. The molecule has 1 aliphatic rings. The Morgan fingerprint density at radius 1 is 1.39 bits per heavy atom. The van der Waals surface area contributed by atoms with Gasteiger partial charge >= 0.3 is 0 Å². The van der Waals surface area contributed by atoms with Gasteiger partial charge in [-0.3, -0.25) is 9.48 Å². The normalized spacial score (nSPS) is 16.6. The van der Waals surface area contributed by atoms with Gasteiger partial charge in [0.2, 0.25) is 0 Å². The molecule has 1 aromatic rings. The molecule has 0 radical (unpaired) electrons. The number of Topliss-reactive ketones (excluding diaryl/α,β-unsaturated/α-hetero) is 1. The Morgan fingerprint density at radius 3 is 2.67 bits per heavy atom. The molecule has 0 saturated heterocycles. The second-order valence-electron chi connectivity index (χ2n) is 5.38. The van der Waals surface area contributed by atoms with E-state index >= 15 is 0 Å². The predicted octanol–water partition coefficient (Wildman–Crippen LogP) is 3.55. The van der Waals surface area contributed by atoms with Crippen molar-refractivity contribution in [2.45, 2.75) is 64.8 Å². The van der Waals surface area contributed by atoms with Gasteiger partial charge in [-0.1, -0.05) is 26.7 Å². The highest BCUT2D eigenvalue weighted by Crippen LogP contribution is 2.28. The second kappa shape index (κ2) is 6.17. The highest BCUT2D eigenvalue weighted by atomic mass is 16.1. The van der Waals surface area contributed by atoms with E-state index in [0.717, 1.165) is 18.5 Å². The summed E-state index contributed by atoms with van der Waals surface area (Å²) in [5, 5.41) is 4.58. The minimum absolute atomic E-state index is 0.210. The maximum atomic E-state index is 12.1. The maximum absolute atomic E-state index is 12.1. The summed E-state index contributed by atoms with van der Waals surface area (Å²) in [5.74, 6) is 0.554. The van der Waals surface area contributed by atoms with Crippen molar-refractivity contribution >= 4 is 5.78 Å². The van der Waals surface area contributed by atoms with Crippen LogP contribution in [0.3, 0.4) is 0 Å². The first kappa shape index (κ1) is 13.3. The van der Waals surface area contributed by atoms with E-state index in [0.29, 0.717) is 18.2 Å². The predicted molar refractivity (Wildman–Crippen MR) is 72.5 cm³/mol. The van der Waals surface area contributed by atoms with Gasteiger partial charge in [0.15, 0.2) is 0 Å². The lowest BCUT2D eigenvalue weighted by atomic mass is 9.95. The van der Waals surface area contributed by atoms with E-state index in [2.05, 4.69) is 23.6 Å². The van der Waals surface area contributed by atoms with Gasteiger partial charge in [0.1, 0.15) is 5.78 Å². The molecular weight excluding hydrogens is 224 g/mol. The quantitative estimate of drug-likeness (QED) is 0.771. The van der Waals surface area contributed by atoms with Crippen molar-refractivity contribution in [2.24, 2.45) is 5.92 Å². The zero-order valence-corrected chi connectivity index (χ0v) is 11.6. The van der Waals surface area contributed by atoms with Gasteiger partial charge in [0.25, 0.3) is 0 Å². The number of hydrogen-bond donors (Lipinski definition) is 0. The maximum Gasteiger partial charge on any atom is 0.141 e. The summed E-state index contributed by atoms with van der Waals surface area (Å²) in [7, 11) is 0. The minimum Gasteiger partial charge on any atom is -0.299 e. The summed E-state index contributed by atoms with van der Waals surface area (Å²) in [6.07, 6.45) is 9.54. The van der Waals surface area contributed by atoms with Crippen molar-refractivity contribution in [3.8, 4) is 0 Å². The fourth-order valence-corrected chi connectivity index (χ4v) is 2.91. The van der Waals surface area contributed by atoms with Crippen LogP contribution in [0.5, 0.6) is 0 Å². The Balaban J connectivity index is 1.95. The fourth-order valence-electron chi connectivity index (χ4n) is 2.91. The molecule has 1 fully saturated rings. The molecule has 0 unspecified atom stereocenters. The molecule has 0 amide bonds. The Hall–Kier alpha value is -1.12. The fraction of sp³-hybridized carbons (Fsp3) is 0.733. The minimum atomic E-state index is 0.210. The van der Waals surface area contributed by atoms with E-state index in [-0.39, 0.29) is 5.92 Å². The number of rotatable bonds is 6. The van der Waals surface area contributed by atoms with Crippen LogP contribution in [0.4, 0.5) is 0 Å². The summed E-state index contributed by atoms with van der Waals surface area (Å²) in [4.78, 5) is 12.1. The van der Waals surface area contributed by atoms with E-state index < -0.39 is 0 Å². The van der Waals surface area contributed by atoms with E-state index in [1.54, 1.807) is 0 Å². The first-order valence-corrected chi connectivity index (χ1v) is 7.31. The monoisotopic (exact) mass is 248 g/mol. The molecule has 0 bridgehead atoms.